The molecule has 0 saturated carbocycles. The molecule has 0 bridgehead atoms. The van der Waals surface area contributed by atoms with Gasteiger partial charge in [0, 0.05) is 93.9 Å². The van der Waals surface area contributed by atoms with Crippen molar-refractivity contribution in [3.8, 4) is 90.1 Å². The van der Waals surface area contributed by atoms with E-state index in [-0.39, 0.29) is 22.4 Å². The zero-order valence-corrected chi connectivity index (χ0v) is 83.1. The largest absolute Gasteiger partial charge is 0.494 e. The first kappa shape index (κ1) is 91.7. The van der Waals surface area contributed by atoms with Gasteiger partial charge in [-0.2, -0.15) is 0 Å². The summed E-state index contributed by atoms with van der Waals surface area (Å²) in [5.74, 6) is 4.95. The summed E-state index contributed by atoms with van der Waals surface area (Å²) >= 11 is 16.4. The van der Waals surface area contributed by atoms with E-state index in [0.717, 1.165) is 127 Å². The molecule has 3 aliphatic carbocycles. The standard InChI is InChI=1S/C40H32BNO3.C34H20ClNO.C25H14BrClO.C12H24B2O4.C9H8BNO2/c1-38(2)39(3,4)45-41(44-38)27-19-21-34-36(24-27)43-35-23-26(28-15-9-11-25-12-10-22-42-37(25)28)18-20-33(35)40(34)31-16-7-5-13-29(31)30-14-6-8-17-32(30)40;35-23-15-17-30-32(20-23)37-31-19-22(24-11-5-7-21-8-6-18-36-33(21)24)14-16-29(31)34(30)27-12-3-1-9-25(27)26-10-2-4-13-28(26)34;26-15-9-11-21-23(13-15)28-24-14-16(27)10-12-22(24)25(21)19-7-3-1-5-17(19)18-6-2-4-8-20(18)25;1-9(2)10(3,4)16-13(15-9)14-17-11(5,6)12(7,8)18-14;12-10(13)8-5-1-3-7-4-2-6-11-9(7)8/h5-24H,1-4H3;1-20H;1-14H;1-8H3;1-6,12-13H. The van der Waals surface area contributed by atoms with Crippen LogP contribution in [0.4, 0.5) is 0 Å². The number of aromatic nitrogens is 3. The van der Waals surface area contributed by atoms with Crippen molar-refractivity contribution in [2.24, 2.45) is 0 Å². The Kier molecular flexibility index (Phi) is 22.4. The van der Waals surface area contributed by atoms with Gasteiger partial charge in [-0.25, -0.2) is 0 Å². The predicted octanol–water partition coefficient (Wildman–Crippen LogP) is 27.4. The van der Waals surface area contributed by atoms with Crippen LogP contribution in [0, 0.1) is 0 Å². The first-order chi connectivity index (χ1) is 67.9. The van der Waals surface area contributed by atoms with Gasteiger partial charge in [0.2, 0.25) is 0 Å². The van der Waals surface area contributed by atoms with Gasteiger partial charge in [0.15, 0.2) is 0 Å². The van der Waals surface area contributed by atoms with E-state index in [0.29, 0.717) is 21.0 Å². The lowest BCUT2D eigenvalue weighted by Gasteiger charge is -2.39. The topological polar surface area (TPSA) is 162 Å². The molecule has 2 N–H and O–H groups in total. The maximum Gasteiger partial charge on any atom is 0.494 e. The number of halogens is 3. The van der Waals surface area contributed by atoms with E-state index in [4.69, 9.17) is 80.4 Å². The van der Waals surface area contributed by atoms with Crippen LogP contribution in [0.15, 0.2) is 369 Å². The second-order valence-corrected chi connectivity index (χ2v) is 42.1. The molecule has 3 saturated heterocycles. The van der Waals surface area contributed by atoms with E-state index in [1.165, 1.54) is 66.8 Å². The summed E-state index contributed by atoms with van der Waals surface area (Å²) in [4.78, 5) is 13.5. The molecular formula is C120H98B4BrCl2N3O11. The Morgan fingerprint density at radius 1 is 0.262 bits per heavy atom. The third kappa shape index (κ3) is 14.7. The van der Waals surface area contributed by atoms with Crippen LogP contribution in [0.2, 0.25) is 10.0 Å². The SMILES string of the molecule is CC1(C)OB(B2OC(C)(C)C(C)(C)O2)OC1(C)C.CC1(C)OB(c2ccc3c(c2)Oc2cc(-c4cccc5cccnc45)ccc2C32c3ccccc3-c3ccccc32)OC1(C)C.Clc1ccc2c(c1)Oc1cc(-c3cccc4cccnc34)ccc1C21c2ccccc2-c2ccccc21.Clc1ccc2c(c1)Oc1cc(Br)ccc1C21c2ccccc2-c2ccccc21.OB(O)c1cccc2cccnc12. The van der Waals surface area contributed by atoms with E-state index in [9.17, 15) is 0 Å². The maximum atomic E-state index is 9.04. The Hall–Kier alpha value is -13.1. The zero-order valence-electron chi connectivity index (χ0n) is 80.0. The molecule has 3 aromatic heterocycles. The molecule has 27 rings (SSSR count). The number of benzene rings is 15. The third-order valence-corrected chi connectivity index (χ3v) is 31.8. The Labute approximate surface area is 840 Å². The van der Waals surface area contributed by atoms with E-state index < -0.39 is 55.7 Å². The van der Waals surface area contributed by atoms with Gasteiger partial charge in [0.25, 0.3) is 0 Å². The second kappa shape index (κ2) is 34.4. The van der Waals surface area contributed by atoms with Crippen LogP contribution in [-0.2, 0) is 44.2 Å². The summed E-state index contributed by atoms with van der Waals surface area (Å²) in [5.41, 5.74) is 26.5. The molecule has 18 aromatic rings. The minimum absolute atomic E-state index is 0.360. The van der Waals surface area contributed by atoms with E-state index in [2.05, 4.69) is 327 Å². The fourth-order valence-corrected chi connectivity index (χ4v) is 22.8. The highest BCUT2D eigenvalue weighted by Gasteiger charge is 2.65. The van der Waals surface area contributed by atoms with Crippen molar-refractivity contribution in [3.05, 3.63) is 446 Å². The Morgan fingerprint density at radius 3 is 0.901 bits per heavy atom. The molecule has 3 spiro atoms. The number of ether oxygens (including phenoxy) is 3. The smallest absolute Gasteiger partial charge is 0.457 e. The fourth-order valence-electron chi connectivity index (χ4n) is 22.1. The van der Waals surface area contributed by atoms with Crippen LogP contribution in [0.3, 0.4) is 0 Å². The van der Waals surface area contributed by atoms with Crippen molar-refractivity contribution in [2.75, 3.05) is 0 Å². The molecule has 9 heterocycles. The minimum Gasteiger partial charge on any atom is -0.457 e. The third-order valence-electron chi connectivity index (χ3n) is 30.9. The van der Waals surface area contributed by atoms with Crippen LogP contribution in [0.25, 0.3) is 88.3 Å². The molecule has 3 fully saturated rings. The van der Waals surface area contributed by atoms with Gasteiger partial charge >= 0.3 is 28.3 Å². The number of para-hydroxylation sites is 3. The van der Waals surface area contributed by atoms with E-state index in [1.54, 1.807) is 18.3 Å². The van der Waals surface area contributed by atoms with Gasteiger partial charge in [-0.15, -0.1) is 0 Å². The van der Waals surface area contributed by atoms with Crippen molar-refractivity contribution < 1.29 is 52.2 Å². The van der Waals surface area contributed by atoms with Crippen molar-refractivity contribution in [1.29, 1.82) is 0 Å². The Balaban J connectivity index is 0.000000104. The van der Waals surface area contributed by atoms with Crippen molar-refractivity contribution >= 4 is 111 Å². The zero-order chi connectivity index (χ0) is 97.2. The number of hydrogen-bond acceptors (Lipinski definition) is 14. The summed E-state index contributed by atoms with van der Waals surface area (Å²) in [6, 6.07) is 120. The maximum absolute atomic E-state index is 9.04. The van der Waals surface area contributed by atoms with Gasteiger partial charge < -0.3 is 52.2 Å². The molecule has 0 unspecified atom stereocenters. The molecule has 15 aromatic carbocycles. The van der Waals surface area contributed by atoms with Gasteiger partial charge in [-0.3, -0.25) is 15.0 Å². The average molecular weight is 1950 g/mol. The average Bonchev–Trinajstić information content (AvgIpc) is 1.51. The summed E-state index contributed by atoms with van der Waals surface area (Å²) in [6.07, 6.45) is 5.34. The van der Waals surface area contributed by atoms with Gasteiger partial charge in [-0.1, -0.05) is 312 Å². The molecular weight excluding hydrogens is 1850 g/mol. The molecule has 141 heavy (non-hydrogen) atoms. The van der Waals surface area contributed by atoms with Crippen LogP contribution in [-0.4, -0.2) is 86.9 Å². The van der Waals surface area contributed by atoms with Crippen molar-refractivity contribution in [3.63, 3.8) is 0 Å². The first-order valence-electron chi connectivity index (χ1n) is 47.8. The molecule has 14 nitrogen and oxygen atoms in total. The van der Waals surface area contributed by atoms with Crippen LogP contribution in [0.1, 0.15) is 150 Å². The molecule has 0 atom stereocenters. The lowest BCUT2D eigenvalue weighted by Crippen LogP contribution is -2.41. The molecule has 9 aliphatic rings. The molecule has 6 aliphatic heterocycles. The fraction of sp³-hybridized carbons (Fsp3) is 0.175. The second-order valence-electron chi connectivity index (χ2n) is 40.3. The monoisotopic (exact) mass is 1950 g/mol. The normalized spacial score (nSPS) is 17.3. The number of fused-ring (bicyclic) bond motifs is 30. The first-order valence-corrected chi connectivity index (χ1v) is 49.3. The quantitative estimate of drug-likeness (QED) is 0.157. The highest BCUT2D eigenvalue weighted by atomic mass is 79.9. The predicted molar refractivity (Wildman–Crippen MR) is 570 cm³/mol. The van der Waals surface area contributed by atoms with Gasteiger partial charge in [0.05, 0.1) is 66.4 Å². The Morgan fingerprint density at radius 2 is 0.539 bits per heavy atom. The molecule has 0 radical (unpaired) electrons. The van der Waals surface area contributed by atoms with E-state index >= 15 is 0 Å². The summed E-state index contributed by atoms with van der Waals surface area (Å²) in [5, 5.41) is 22.5. The highest BCUT2D eigenvalue weighted by molar-refractivity contribution is 9.10. The molecule has 0 amide bonds. The summed E-state index contributed by atoms with van der Waals surface area (Å²) in [6.45, 7) is 24.6. The van der Waals surface area contributed by atoms with Crippen LogP contribution >= 0.6 is 39.1 Å². The highest BCUT2D eigenvalue weighted by Crippen LogP contribution is 2.67. The van der Waals surface area contributed by atoms with Crippen LogP contribution < -0.4 is 25.1 Å². The molecule has 21 heteroatoms. The number of pyridine rings is 3. The lowest BCUT2D eigenvalue weighted by atomic mass is 9.49. The Bertz CT molecular complexity index is 7840. The number of nitrogens with zero attached hydrogens (tertiary/aromatic N) is 3. The lowest BCUT2D eigenvalue weighted by molar-refractivity contribution is 0.00578. The summed E-state index contributed by atoms with van der Waals surface area (Å²) in [7, 11) is -2.90. The van der Waals surface area contributed by atoms with Gasteiger partial charge in [0.1, 0.15) is 34.5 Å². The van der Waals surface area contributed by atoms with Crippen LogP contribution in [0.5, 0.6) is 34.5 Å². The van der Waals surface area contributed by atoms with Crippen molar-refractivity contribution in [1.82, 2.24) is 15.0 Å². The van der Waals surface area contributed by atoms with Gasteiger partial charge in [-0.05, 0) is 245 Å². The molecule has 692 valence electrons. The summed E-state index contributed by atoms with van der Waals surface area (Å²) < 4.78 is 57.7. The number of rotatable bonds is 5. The van der Waals surface area contributed by atoms with Crippen molar-refractivity contribution in [2.45, 2.75) is 133 Å². The number of hydrogen-bond donors (Lipinski definition) is 2. The van der Waals surface area contributed by atoms with E-state index in [1.807, 2.05) is 128 Å². The minimum atomic E-state index is -1.46.